The molecule has 0 saturated carbocycles. The average Bonchev–Trinajstić information content (AvgIpc) is 2.94. The summed E-state index contributed by atoms with van der Waals surface area (Å²) in [5.74, 6) is 0.880. The van der Waals surface area contributed by atoms with Crippen LogP contribution in [-0.2, 0) is 6.54 Å². The van der Waals surface area contributed by atoms with Gasteiger partial charge in [0.25, 0.3) is 0 Å². The van der Waals surface area contributed by atoms with Crippen molar-refractivity contribution >= 4 is 0 Å². The van der Waals surface area contributed by atoms with Crippen molar-refractivity contribution in [3.8, 4) is 0 Å². The highest BCUT2D eigenvalue weighted by atomic mass is 15.1. The third kappa shape index (κ3) is 2.93. The van der Waals surface area contributed by atoms with E-state index in [0.29, 0.717) is 0 Å². The Balaban J connectivity index is 1.56. The van der Waals surface area contributed by atoms with Crippen LogP contribution in [0.5, 0.6) is 0 Å². The lowest BCUT2D eigenvalue weighted by molar-refractivity contribution is 0.145. The molecule has 0 bridgehead atoms. The van der Waals surface area contributed by atoms with Crippen LogP contribution in [-0.4, -0.2) is 30.6 Å². The van der Waals surface area contributed by atoms with Gasteiger partial charge in [0.05, 0.1) is 0 Å². The average molecular weight is 244 g/mol. The number of nitrogens with zero attached hydrogens (tertiary/aromatic N) is 1. The number of hydrogen-bond donors (Lipinski definition) is 1. The molecule has 2 nitrogen and oxygen atoms in total. The van der Waals surface area contributed by atoms with Crippen LogP contribution in [0.4, 0.5) is 0 Å². The normalized spacial score (nSPS) is 29.6. The molecule has 1 aromatic rings. The molecule has 0 aromatic heterocycles. The van der Waals surface area contributed by atoms with Crippen molar-refractivity contribution in [2.24, 2.45) is 5.92 Å². The van der Waals surface area contributed by atoms with Gasteiger partial charge in [-0.3, -0.25) is 4.90 Å². The van der Waals surface area contributed by atoms with Gasteiger partial charge in [0.1, 0.15) is 0 Å². The van der Waals surface area contributed by atoms with Crippen LogP contribution in [0.3, 0.4) is 0 Å². The minimum absolute atomic E-state index is 0.795. The molecule has 98 valence electrons. The number of rotatable bonds is 3. The largest absolute Gasteiger partial charge is 0.314 e. The van der Waals surface area contributed by atoms with Crippen molar-refractivity contribution < 1.29 is 0 Å². The Morgan fingerprint density at radius 2 is 2.00 bits per heavy atom. The van der Waals surface area contributed by atoms with Gasteiger partial charge in [-0.25, -0.2) is 0 Å². The van der Waals surface area contributed by atoms with Crippen LogP contribution in [0.25, 0.3) is 0 Å². The molecule has 2 saturated heterocycles. The summed E-state index contributed by atoms with van der Waals surface area (Å²) >= 11 is 0. The van der Waals surface area contributed by atoms with E-state index in [9.17, 15) is 0 Å². The van der Waals surface area contributed by atoms with Gasteiger partial charge >= 0.3 is 0 Å². The number of likely N-dealkylation sites (tertiary alicyclic amines) is 1. The molecule has 2 heterocycles. The van der Waals surface area contributed by atoms with Crippen LogP contribution in [0.1, 0.15) is 31.2 Å². The van der Waals surface area contributed by atoms with Crippen LogP contribution in [0.15, 0.2) is 30.3 Å². The highest BCUT2D eigenvalue weighted by Crippen LogP contribution is 2.25. The lowest BCUT2D eigenvalue weighted by atomic mass is 9.89. The van der Waals surface area contributed by atoms with E-state index in [1.165, 1.54) is 50.9 Å². The van der Waals surface area contributed by atoms with Gasteiger partial charge in [0.15, 0.2) is 0 Å². The third-order valence-corrected chi connectivity index (χ3v) is 4.46. The Labute approximate surface area is 110 Å². The van der Waals surface area contributed by atoms with Crippen LogP contribution in [0.2, 0.25) is 0 Å². The zero-order chi connectivity index (χ0) is 12.2. The van der Waals surface area contributed by atoms with E-state index in [0.717, 1.165) is 18.5 Å². The van der Waals surface area contributed by atoms with Crippen molar-refractivity contribution in [1.29, 1.82) is 0 Å². The number of nitrogens with one attached hydrogen (secondary N) is 1. The zero-order valence-electron chi connectivity index (χ0n) is 11.1. The van der Waals surface area contributed by atoms with E-state index in [1.807, 2.05) is 0 Å². The highest BCUT2D eigenvalue weighted by molar-refractivity contribution is 5.14. The Morgan fingerprint density at radius 3 is 2.78 bits per heavy atom. The quantitative estimate of drug-likeness (QED) is 0.879. The molecule has 2 aliphatic rings. The first kappa shape index (κ1) is 12.2. The van der Waals surface area contributed by atoms with Crippen molar-refractivity contribution in [3.05, 3.63) is 35.9 Å². The molecule has 18 heavy (non-hydrogen) atoms. The zero-order valence-corrected chi connectivity index (χ0v) is 11.1. The lowest BCUT2D eigenvalue weighted by Gasteiger charge is -2.35. The first-order chi connectivity index (χ1) is 8.92. The number of benzene rings is 1. The van der Waals surface area contributed by atoms with E-state index in [-0.39, 0.29) is 0 Å². The van der Waals surface area contributed by atoms with Crippen LogP contribution < -0.4 is 5.32 Å². The van der Waals surface area contributed by atoms with Gasteiger partial charge in [0.2, 0.25) is 0 Å². The molecule has 0 aliphatic carbocycles. The van der Waals surface area contributed by atoms with E-state index in [2.05, 4.69) is 40.5 Å². The molecule has 3 rings (SSSR count). The first-order valence-electron chi connectivity index (χ1n) is 7.41. The summed E-state index contributed by atoms with van der Waals surface area (Å²) in [6.45, 7) is 4.93. The van der Waals surface area contributed by atoms with Gasteiger partial charge in [-0.05, 0) is 50.3 Å². The minimum atomic E-state index is 0.795. The molecule has 2 aliphatic heterocycles. The maximum Gasteiger partial charge on any atom is 0.0233 e. The van der Waals surface area contributed by atoms with E-state index in [4.69, 9.17) is 0 Å². The molecule has 0 amide bonds. The maximum atomic E-state index is 3.68. The second-order valence-electron chi connectivity index (χ2n) is 5.83. The van der Waals surface area contributed by atoms with E-state index in [1.54, 1.807) is 0 Å². The maximum absolute atomic E-state index is 3.68. The topological polar surface area (TPSA) is 15.3 Å². The van der Waals surface area contributed by atoms with E-state index >= 15 is 0 Å². The first-order valence-corrected chi connectivity index (χ1v) is 7.41. The summed E-state index contributed by atoms with van der Waals surface area (Å²) in [6, 6.07) is 11.7. The second kappa shape index (κ2) is 5.85. The Bertz CT molecular complexity index is 357. The molecule has 0 radical (unpaired) electrons. The van der Waals surface area contributed by atoms with Gasteiger partial charge in [-0.2, -0.15) is 0 Å². The van der Waals surface area contributed by atoms with Crippen molar-refractivity contribution in [2.75, 3.05) is 19.6 Å². The molecule has 0 spiro atoms. The summed E-state index contributed by atoms with van der Waals surface area (Å²) in [5.41, 5.74) is 1.46. The van der Waals surface area contributed by atoms with E-state index < -0.39 is 0 Å². The Hall–Kier alpha value is -0.860. The van der Waals surface area contributed by atoms with Crippen molar-refractivity contribution in [3.63, 3.8) is 0 Å². The predicted molar refractivity (Wildman–Crippen MR) is 75.5 cm³/mol. The Morgan fingerprint density at radius 1 is 1.11 bits per heavy atom. The van der Waals surface area contributed by atoms with Gasteiger partial charge in [0, 0.05) is 19.1 Å². The highest BCUT2D eigenvalue weighted by Gasteiger charge is 2.28. The molecule has 0 unspecified atom stereocenters. The summed E-state index contributed by atoms with van der Waals surface area (Å²) in [4.78, 5) is 2.64. The van der Waals surface area contributed by atoms with Gasteiger partial charge in [-0.1, -0.05) is 30.3 Å². The fourth-order valence-corrected chi connectivity index (χ4v) is 3.52. The standard InChI is InChI=1S/C16H24N2/c1-2-6-14(7-3-1)12-18-11-5-8-15(13-18)16-9-4-10-17-16/h1-3,6-7,15-17H,4-5,8-13H2/t15-,16-/m0/s1. The van der Waals surface area contributed by atoms with Crippen LogP contribution >= 0.6 is 0 Å². The Kier molecular flexibility index (Phi) is 3.96. The fourth-order valence-electron chi connectivity index (χ4n) is 3.52. The number of piperidine rings is 1. The molecular weight excluding hydrogens is 220 g/mol. The van der Waals surface area contributed by atoms with Crippen LogP contribution in [0, 0.1) is 5.92 Å². The smallest absolute Gasteiger partial charge is 0.0233 e. The number of hydrogen-bond acceptors (Lipinski definition) is 2. The van der Waals surface area contributed by atoms with Gasteiger partial charge in [-0.15, -0.1) is 0 Å². The summed E-state index contributed by atoms with van der Waals surface area (Å²) in [6.07, 6.45) is 5.56. The second-order valence-corrected chi connectivity index (χ2v) is 5.83. The van der Waals surface area contributed by atoms with Crippen molar-refractivity contribution in [1.82, 2.24) is 10.2 Å². The van der Waals surface area contributed by atoms with Gasteiger partial charge < -0.3 is 5.32 Å². The SMILES string of the molecule is c1ccc(CN2CCC[C@H]([C@@H]3CCCN3)C2)cc1. The molecule has 1 N–H and O–H groups in total. The summed E-state index contributed by atoms with van der Waals surface area (Å²) in [7, 11) is 0. The predicted octanol–water partition coefficient (Wildman–Crippen LogP) is 2.65. The summed E-state index contributed by atoms with van der Waals surface area (Å²) in [5, 5.41) is 3.68. The molecular formula is C16H24N2. The lowest BCUT2D eigenvalue weighted by Crippen LogP contribution is -2.43. The molecule has 2 heteroatoms. The third-order valence-electron chi connectivity index (χ3n) is 4.46. The summed E-state index contributed by atoms with van der Waals surface area (Å²) < 4.78 is 0. The molecule has 2 atom stereocenters. The molecule has 1 aromatic carbocycles. The molecule has 2 fully saturated rings. The monoisotopic (exact) mass is 244 g/mol. The minimum Gasteiger partial charge on any atom is -0.314 e. The fraction of sp³-hybridized carbons (Fsp3) is 0.625. The van der Waals surface area contributed by atoms with Crippen molar-refractivity contribution in [2.45, 2.75) is 38.3 Å².